The molecule has 196 valence electrons. The van der Waals surface area contributed by atoms with Gasteiger partial charge in [0.1, 0.15) is 11.5 Å². The molecule has 0 atom stereocenters. The van der Waals surface area contributed by atoms with Crippen LogP contribution in [0.15, 0.2) is 79.0 Å². The van der Waals surface area contributed by atoms with Crippen molar-refractivity contribution in [3.8, 4) is 34.2 Å². The summed E-state index contributed by atoms with van der Waals surface area (Å²) in [5, 5.41) is 16.2. The number of nitrogens with zero attached hydrogens (tertiary/aromatic N) is 2. The number of carbonyl (C=O) groups is 2. The number of hydrogen-bond donors (Lipinski definition) is 2. The van der Waals surface area contributed by atoms with Crippen LogP contribution in [0.5, 0.6) is 17.4 Å². The zero-order valence-electron chi connectivity index (χ0n) is 19.4. The molecule has 1 heterocycles. The molecular weight excluding hydrogens is 527 g/mol. The Morgan fingerprint density at radius 2 is 1.68 bits per heavy atom. The summed E-state index contributed by atoms with van der Waals surface area (Å²) in [5.74, 6) is -1.35. The Morgan fingerprint density at radius 1 is 1.00 bits per heavy atom. The third-order valence-electron chi connectivity index (χ3n) is 5.11. The third-order valence-corrected chi connectivity index (χ3v) is 5.34. The SMILES string of the molecule is O=C(O)CCNC(=O)c1ccc(Oc2nn(-c3cccc(Cl)c3)cc2-c2ccc(OC(F)(F)F)cc2)cc1. The van der Waals surface area contributed by atoms with E-state index in [2.05, 4.69) is 15.2 Å². The van der Waals surface area contributed by atoms with E-state index >= 15 is 0 Å². The molecule has 1 aromatic heterocycles. The lowest BCUT2D eigenvalue weighted by atomic mass is 10.1. The van der Waals surface area contributed by atoms with E-state index in [9.17, 15) is 22.8 Å². The van der Waals surface area contributed by atoms with Crippen LogP contribution in [0.1, 0.15) is 16.8 Å². The topological polar surface area (TPSA) is 103 Å². The maximum absolute atomic E-state index is 12.6. The quantitative estimate of drug-likeness (QED) is 0.264. The van der Waals surface area contributed by atoms with Crippen molar-refractivity contribution >= 4 is 23.5 Å². The first-order chi connectivity index (χ1) is 18.1. The van der Waals surface area contributed by atoms with E-state index in [0.717, 1.165) is 0 Å². The molecule has 3 aromatic carbocycles. The molecule has 0 aliphatic heterocycles. The first kappa shape index (κ1) is 26.6. The van der Waals surface area contributed by atoms with Crippen molar-refractivity contribution in [1.82, 2.24) is 15.1 Å². The molecule has 0 aliphatic rings. The van der Waals surface area contributed by atoms with Gasteiger partial charge in [-0.25, -0.2) is 4.68 Å². The van der Waals surface area contributed by atoms with E-state index < -0.39 is 18.2 Å². The number of hydrogen-bond acceptors (Lipinski definition) is 5. The number of alkyl halides is 3. The van der Waals surface area contributed by atoms with Gasteiger partial charge in [-0.2, -0.15) is 0 Å². The summed E-state index contributed by atoms with van der Waals surface area (Å²) >= 11 is 6.11. The van der Waals surface area contributed by atoms with Crippen LogP contribution >= 0.6 is 11.6 Å². The second-order valence-corrected chi connectivity index (χ2v) is 8.31. The molecule has 0 unspecified atom stereocenters. The molecule has 38 heavy (non-hydrogen) atoms. The molecule has 0 radical (unpaired) electrons. The zero-order valence-corrected chi connectivity index (χ0v) is 20.2. The number of carboxylic acid groups (broad SMARTS) is 1. The van der Waals surface area contributed by atoms with Crippen LogP contribution in [0.4, 0.5) is 13.2 Å². The molecular formula is C26H19ClF3N3O5. The van der Waals surface area contributed by atoms with Crippen molar-refractivity contribution in [2.24, 2.45) is 0 Å². The third kappa shape index (κ3) is 7.04. The average Bonchev–Trinajstić information content (AvgIpc) is 3.27. The summed E-state index contributed by atoms with van der Waals surface area (Å²) in [6.07, 6.45) is -3.37. The van der Waals surface area contributed by atoms with E-state index in [1.807, 2.05) is 0 Å². The van der Waals surface area contributed by atoms with Gasteiger partial charge in [-0.1, -0.05) is 29.8 Å². The number of carbonyl (C=O) groups excluding carboxylic acids is 1. The summed E-state index contributed by atoms with van der Waals surface area (Å²) in [5.41, 5.74) is 1.91. The standard InChI is InChI=1S/C26H19ClF3N3O5/c27-18-2-1-3-19(14-18)33-15-22(16-4-10-21(11-5-16)38-26(28,29)30)25(32-33)37-20-8-6-17(7-9-20)24(36)31-13-12-23(34)35/h1-11,14-15H,12-13H2,(H,31,36)(H,34,35). The maximum atomic E-state index is 12.6. The maximum Gasteiger partial charge on any atom is 0.573 e. The van der Waals surface area contributed by atoms with E-state index in [-0.39, 0.29) is 24.6 Å². The lowest BCUT2D eigenvalue weighted by Crippen LogP contribution is -2.25. The van der Waals surface area contributed by atoms with Gasteiger partial charge in [0.05, 0.1) is 17.7 Å². The second kappa shape index (κ2) is 11.3. The number of amides is 1. The molecule has 0 bridgehead atoms. The van der Waals surface area contributed by atoms with Crippen LogP contribution < -0.4 is 14.8 Å². The molecule has 0 saturated carbocycles. The van der Waals surface area contributed by atoms with Gasteiger partial charge in [0.25, 0.3) is 5.91 Å². The predicted molar refractivity (Wildman–Crippen MR) is 132 cm³/mol. The number of aromatic nitrogens is 2. The Balaban J connectivity index is 1.60. The summed E-state index contributed by atoms with van der Waals surface area (Å²) in [4.78, 5) is 22.8. The molecule has 0 saturated heterocycles. The Labute approximate surface area is 219 Å². The number of halogens is 4. The van der Waals surface area contributed by atoms with Gasteiger partial charge < -0.3 is 19.9 Å². The van der Waals surface area contributed by atoms with Crippen molar-refractivity contribution in [2.45, 2.75) is 12.8 Å². The van der Waals surface area contributed by atoms with Crippen molar-refractivity contribution < 1.29 is 37.3 Å². The highest BCUT2D eigenvalue weighted by Gasteiger charge is 2.31. The molecule has 4 rings (SSSR count). The highest BCUT2D eigenvalue weighted by Crippen LogP contribution is 2.35. The summed E-state index contributed by atoms with van der Waals surface area (Å²) in [7, 11) is 0. The smallest absolute Gasteiger partial charge is 0.481 e. The fourth-order valence-corrected chi connectivity index (χ4v) is 3.57. The molecule has 4 aromatic rings. The Hall–Kier alpha value is -4.51. The Kier molecular flexibility index (Phi) is 7.87. The van der Waals surface area contributed by atoms with Gasteiger partial charge in [0.15, 0.2) is 0 Å². The van der Waals surface area contributed by atoms with E-state index in [1.165, 1.54) is 53.2 Å². The van der Waals surface area contributed by atoms with Crippen LogP contribution in [0.3, 0.4) is 0 Å². The second-order valence-electron chi connectivity index (χ2n) is 7.87. The Morgan fingerprint density at radius 3 is 2.32 bits per heavy atom. The molecule has 0 spiro atoms. The number of rotatable bonds is 9. The van der Waals surface area contributed by atoms with Crippen LogP contribution in [-0.4, -0.2) is 39.7 Å². The number of ether oxygens (including phenoxy) is 2. The summed E-state index contributed by atoms with van der Waals surface area (Å²) < 4.78 is 49.1. The van der Waals surface area contributed by atoms with E-state index in [4.69, 9.17) is 21.4 Å². The predicted octanol–water partition coefficient (Wildman–Crippen LogP) is 6.09. The molecule has 0 fully saturated rings. The highest BCUT2D eigenvalue weighted by molar-refractivity contribution is 6.30. The molecule has 8 nitrogen and oxygen atoms in total. The van der Waals surface area contributed by atoms with Gasteiger partial charge >= 0.3 is 12.3 Å². The number of nitrogens with one attached hydrogen (secondary N) is 1. The monoisotopic (exact) mass is 545 g/mol. The minimum Gasteiger partial charge on any atom is -0.481 e. The molecule has 0 aliphatic carbocycles. The summed E-state index contributed by atoms with van der Waals surface area (Å²) in [6, 6.07) is 18.2. The van der Waals surface area contributed by atoms with Gasteiger partial charge in [-0.15, -0.1) is 18.3 Å². The lowest BCUT2D eigenvalue weighted by Gasteiger charge is -2.10. The van der Waals surface area contributed by atoms with Crippen LogP contribution in [0, 0.1) is 0 Å². The minimum atomic E-state index is -4.81. The minimum absolute atomic E-state index is 0.0104. The van der Waals surface area contributed by atoms with Crippen molar-refractivity contribution in [3.05, 3.63) is 89.6 Å². The van der Waals surface area contributed by atoms with Crippen molar-refractivity contribution in [1.29, 1.82) is 0 Å². The van der Waals surface area contributed by atoms with Crippen molar-refractivity contribution in [3.63, 3.8) is 0 Å². The first-order valence-corrected chi connectivity index (χ1v) is 11.4. The fraction of sp³-hybridized carbons (Fsp3) is 0.115. The molecule has 2 N–H and O–H groups in total. The Bertz CT molecular complexity index is 1440. The lowest BCUT2D eigenvalue weighted by molar-refractivity contribution is -0.274. The first-order valence-electron chi connectivity index (χ1n) is 11.1. The van der Waals surface area contributed by atoms with Gasteiger partial charge in [-0.05, 0) is 60.2 Å². The molecule has 12 heteroatoms. The number of benzene rings is 3. The highest BCUT2D eigenvalue weighted by atomic mass is 35.5. The van der Waals surface area contributed by atoms with Crippen LogP contribution in [0.2, 0.25) is 5.02 Å². The van der Waals surface area contributed by atoms with Crippen LogP contribution in [0.25, 0.3) is 16.8 Å². The fourth-order valence-electron chi connectivity index (χ4n) is 3.39. The van der Waals surface area contributed by atoms with Gasteiger partial charge in [-0.3, -0.25) is 9.59 Å². The van der Waals surface area contributed by atoms with Crippen molar-refractivity contribution in [2.75, 3.05) is 6.54 Å². The number of aliphatic carboxylic acids is 1. The van der Waals surface area contributed by atoms with Crippen LogP contribution in [-0.2, 0) is 4.79 Å². The zero-order chi connectivity index (χ0) is 27.3. The van der Waals surface area contributed by atoms with E-state index in [1.54, 1.807) is 30.5 Å². The molecule has 1 amide bonds. The van der Waals surface area contributed by atoms with E-state index in [0.29, 0.717) is 33.1 Å². The van der Waals surface area contributed by atoms with Gasteiger partial charge in [0, 0.05) is 23.3 Å². The van der Waals surface area contributed by atoms with Gasteiger partial charge in [0.2, 0.25) is 5.88 Å². The average molecular weight is 546 g/mol. The number of carboxylic acids is 1. The summed E-state index contributed by atoms with van der Waals surface area (Å²) in [6.45, 7) is -0.0104. The largest absolute Gasteiger partial charge is 0.573 e. The normalized spacial score (nSPS) is 11.2.